The molecule has 1 amide bonds. The first-order valence-corrected chi connectivity index (χ1v) is 12.7. The Bertz CT molecular complexity index is 764. The maximum atomic E-state index is 12.6. The van der Waals surface area contributed by atoms with E-state index in [1.807, 2.05) is 6.07 Å². The van der Waals surface area contributed by atoms with Gasteiger partial charge in [-0.15, -0.1) is 21.5 Å². The molecule has 2 aromatic heterocycles. The van der Waals surface area contributed by atoms with Crippen LogP contribution in [0.4, 0.5) is 0 Å². The molecule has 0 radical (unpaired) electrons. The third-order valence-corrected chi connectivity index (χ3v) is 7.50. The summed E-state index contributed by atoms with van der Waals surface area (Å²) in [7, 11) is 0. The van der Waals surface area contributed by atoms with Crippen molar-refractivity contribution in [2.45, 2.75) is 81.6 Å². The van der Waals surface area contributed by atoms with E-state index >= 15 is 0 Å². The first kappa shape index (κ1) is 20.9. The fraction of sp³-hybridized carbons (Fsp3) is 0.667. The van der Waals surface area contributed by atoms with Crippen LogP contribution in [0, 0.1) is 0 Å². The molecule has 4 rings (SSSR count). The molecule has 1 saturated heterocycles. The van der Waals surface area contributed by atoms with Gasteiger partial charge in [-0.3, -0.25) is 9.36 Å². The molecule has 158 valence electrons. The van der Waals surface area contributed by atoms with Gasteiger partial charge in [0.25, 0.3) is 0 Å². The second kappa shape index (κ2) is 10.6. The number of aromatic nitrogens is 3. The predicted octanol–water partition coefficient (Wildman–Crippen LogP) is 4.51. The van der Waals surface area contributed by atoms with Crippen molar-refractivity contribution in [3.8, 4) is 10.7 Å². The molecule has 1 aliphatic heterocycles. The zero-order valence-electron chi connectivity index (χ0n) is 16.8. The van der Waals surface area contributed by atoms with Crippen molar-refractivity contribution in [3.05, 3.63) is 17.5 Å². The lowest BCUT2D eigenvalue weighted by Crippen LogP contribution is -2.36. The van der Waals surface area contributed by atoms with E-state index in [2.05, 4.69) is 31.5 Å². The molecule has 3 heterocycles. The molecule has 0 spiro atoms. The molecule has 0 bridgehead atoms. The van der Waals surface area contributed by atoms with Gasteiger partial charge < -0.3 is 10.1 Å². The minimum Gasteiger partial charge on any atom is -0.376 e. The van der Waals surface area contributed by atoms with Crippen LogP contribution in [-0.2, 0) is 16.1 Å². The number of thioether (sulfide) groups is 1. The highest BCUT2D eigenvalue weighted by Crippen LogP contribution is 2.29. The monoisotopic (exact) mass is 434 g/mol. The van der Waals surface area contributed by atoms with Crippen LogP contribution >= 0.6 is 23.1 Å². The molecule has 2 aliphatic rings. The molecule has 1 unspecified atom stereocenters. The number of hydrogen-bond acceptors (Lipinski definition) is 6. The smallest absolute Gasteiger partial charge is 0.230 e. The zero-order valence-corrected chi connectivity index (χ0v) is 18.5. The summed E-state index contributed by atoms with van der Waals surface area (Å²) >= 11 is 3.14. The molecule has 1 N–H and O–H groups in total. The van der Waals surface area contributed by atoms with Crippen molar-refractivity contribution in [1.29, 1.82) is 0 Å². The molecular weight excluding hydrogens is 404 g/mol. The summed E-state index contributed by atoms with van der Waals surface area (Å²) in [4.78, 5) is 13.7. The van der Waals surface area contributed by atoms with Crippen molar-refractivity contribution < 1.29 is 9.53 Å². The van der Waals surface area contributed by atoms with Crippen molar-refractivity contribution in [1.82, 2.24) is 20.1 Å². The highest BCUT2D eigenvalue weighted by molar-refractivity contribution is 7.99. The molecule has 29 heavy (non-hydrogen) atoms. The molecule has 2 aromatic rings. The molecule has 2 fully saturated rings. The summed E-state index contributed by atoms with van der Waals surface area (Å²) in [5.74, 6) is 1.35. The van der Waals surface area contributed by atoms with Crippen LogP contribution in [0.3, 0.4) is 0 Å². The Labute approximate surface area is 180 Å². The summed E-state index contributed by atoms with van der Waals surface area (Å²) in [5.41, 5.74) is 0. The minimum atomic E-state index is 0.102. The number of nitrogens with one attached hydrogen (secondary N) is 1. The van der Waals surface area contributed by atoms with Gasteiger partial charge >= 0.3 is 0 Å². The Morgan fingerprint density at radius 3 is 2.72 bits per heavy atom. The maximum Gasteiger partial charge on any atom is 0.230 e. The second-order valence-electron chi connectivity index (χ2n) is 7.93. The van der Waals surface area contributed by atoms with Crippen LogP contribution in [-0.4, -0.2) is 45.2 Å². The topological polar surface area (TPSA) is 69.0 Å². The van der Waals surface area contributed by atoms with Crippen molar-refractivity contribution in [3.63, 3.8) is 0 Å². The van der Waals surface area contributed by atoms with Crippen molar-refractivity contribution in [2.75, 3.05) is 12.4 Å². The van der Waals surface area contributed by atoms with E-state index in [4.69, 9.17) is 4.74 Å². The first-order chi connectivity index (χ1) is 14.3. The number of carbonyl (C=O) groups excluding carboxylic acids is 1. The third-order valence-electron chi connectivity index (χ3n) is 5.67. The number of amides is 1. The van der Waals surface area contributed by atoms with Crippen molar-refractivity contribution in [2.24, 2.45) is 0 Å². The number of nitrogens with zero attached hydrogens (tertiary/aromatic N) is 3. The van der Waals surface area contributed by atoms with Gasteiger partial charge in [-0.05, 0) is 37.1 Å². The molecule has 1 atom stereocenters. The van der Waals surface area contributed by atoms with Gasteiger partial charge in [0, 0.05) is 12.6 Å². The van der Waals surface area contributed by atoms with Gasteiger partial charge in [-0.2, -0.15) is 0 Å². The van der Waals surface area contributed by atoms with Gasteiger partial charge in [0.05, 0.1) is 23.3 Å². The number of rotatable bonds is 7. The molecule has 1 saturated carbocycles. The molecule has 1 aliphatic carbocycles. The van der Waals surface area contributed by atoms with Gasteiger partial charge in [0.2, 0.25) is 5.91 Å². The number of thiophene rings is 1. The van der Waals surface area contributed by atoms with Gasteiger partial charge in [0.15, 0.2) is 11.0 Å². The van der Waals surface area contributed by atoms with Gasteiger partial charge in [0.1, 0.15) is 0 Å². The molecular formula is C21H30N4O2S2. The summed E-state index contributed by atoms with van der Waals surface area (Å²) in [6.45, 7) is 1.57. The summed E-state index contributed by atoms with van der Waals surface area (Å²) in [6, 6.07) is 4.42. The number of ether oxygens (including phenoxy) is 1. The molecule has 0 aromatic carbocycles. The van der Waals surface area contributed by atoms with E-state index in [9.17, 15) is 4.79 Å². The van der Waals surface area contributed by atoms with Gasteiger partial charge in [-0.1, -0.05) is 49.9 Å². The van der Waals surface area contributed by atoms with Crippen LogP contribution in [0.5, 0.6) is 0 Å². The maximum absolute atomic E-state index is 12.6. The Morgan fingerprint density at radius 1 is 1.17 bits per heavy atom. The van der Waals surface area contributed by atoms with Gasteiger partial charge in [-0.25, -0.2) is 0 Å². The lowest BCUT2D eigenvalue weighted by molar-refractivity contribution is -0.119. The van der Waals surface area contributed by atoms with Crippen LogP contribution in [0.25, 0.3) is 10.7 Å². The van der Waals surface area contributed by atoms with E-state index < -0.39 is 0 Å². The highest BCUT2D eigenvalue weighted by Gasteiger charge is 2.23. The Kier molecular flexibility index (Phi) is 7.62. The van der Waals surface area contributed by atoms with Crippen molar-refractivity contribution >= 4 is 29.0 Å². The van der Waals surface area contributed by atoms with Crippen LogP contribution in [0.2, 0.25) is 0 Å². The van der Waals surface area contributed by atoms with E-state index in [-0.39, 0.29) is 12.0 Å². The first-order valence-electron chi connectivity index (χ1n) is 10.8. The standard InChI is InChI=1S/C21H30N4O2S2/c26-19(22-16-8-4-2-1-3-5-9-16)15-29-21-24-23-20(18-11-7-13-28-18)25(21)14-17-10-6-12-27-17/h7,11,13,16-17H,1-6,8-10,12,14-15H2,(H,22,26). The fourth-order valence-corrected chi connectivity index (χ4v) is 5.62. The predicted molar refractivity (Wildman–Crippen MR) is 117 cm³/mol. The summed E-state index contributed by atoms with van der Waals surface area (Å²) < 4.78 is 7.97. The Hall–Kier alpha value is -1.38. The van der Waals surface area contributed by atoms with Crippen LogP contribution in [0.1, 0.15) is 57.8 Å². The Balaban J connectivity index is 1.39. The Morgan fingerprint density at radius 2 is 2.00 bits per heavy atom. The van der Waals surface area contributed by atoms with E-state index in [1.165, 1.54) is 43.9 Å². The average molecular weight is 435 g/mol. The largest absolute Gasteiger partial charge is 0.376 e. The lowest BCUT2D eigenvalue weighted by atomic mass is 9.97. The van der Waals surface area contributed by atoms with E-state index in [1.54, 1.807) is 11.3 Å². The highest BCUT2D eigenvalue weighted by atomic mass is 32.2. The summed E-state index contributed by atoms with van der Waals surface area (Å²) in [6.07, 6.45) is 10.9. The number of hydrogen-bond donors (Lipinski definition) is 1. The zero-order chi connectivity index (χ0) is 19.9. The summed E-state index contributed by atoms with van der Waals surface area (Å²) in [5, 5.41) is 14.9. The lowest BCUT2D eigenvalue weighted by Gasteiger charge is -2.21. The SMILES string of the molecule is O=C(CSc1nnc(-c2cccs2)n1CC1CCCO1)NC1CCCCCCC1. The second-order valence-corrected chi connectivity index (χ2v) is 9.82. The molecule has 8 heteroatoms. The van der Waals surface area contributed by atoms with Crippen LogP contribution < -0.4 is 5.32 Å². The average Bonchev–Trinajstić information content (AvgIpc) is 3.44. The third kappa shape index (κ3) is 5.83. The normalized spacial score (nSPS) is 21.0. The van der Waals surface area contributed by atoms with E-state index in [0.29, 0.717) is 11.8 Å². The van der Waals surface area contributed by atoms with E-state index in [0.717, 1.165) is 54.7 Å². The number of carbonyl (C=O) groups is 1. The minimum absolute atomic E-state index is 0.102. The van der Waals surface area contributed by atoms with Crippen LogP contribution in [0.15, 0.2) is 22.7 Å². The molecule has 6 nitrogen and oxygen atoms in total. The fourth-order valence-electron chi connectivity index (χ4n) is 4.14. The quantitative estimate of drug-likeness (QED) is 0.650.